The molecule has 0 saturated carbocycles. The number of phenolic OH excluding ortho intramolecular Hbond substituents is 1. The maximum atomic E-state index is 9.89. The molecule has 1 saturated heterocycles. The van der Waals surface area contributed by atoms with E-state index in [1.54, 1.807) is 6.07 Å². The molecular weight excluding hydrogens is 469 g/mol. The molecular formula is C26H25Cl2N5O. The van der Waals surface area contributed by atoms with Crippen molar-refractivity contribution >= 4 is 45.4 Å². The van der Waals surface area contributed by atoms with Gasteiger partial charge in [0.15, 0.2) is 0 Å². The Morgan fingerprint density at radius 3 is 2.59 bits per heavy atom. The van der Waals surface area contributed by atoms with Gasteiger partial charge >= 0.3 is 0 Å². The lowest BCUT2D eigenvalue weighted by molar-refractivity contribution is -0.539. The minimum absolute atomic E-state index is 0. The lowest BCUT2D eigenvalue weighted by atomic mass is 10.1. The van der Waals surface area contributed by atoms with E-state index in [2.05, 4.69) is 55.6 Å². The molecule has 8 heteroatoms. The largest absolute Gasteiger partial charge is 1.00 e. The molecule has 0 spiro atoms. The molecule has 0 atom stereocenters. The number of nitrogens with one attached hydrogen (secondary N) is 3. The predicted octanol–water partition coefficient (Wildman–Crippen LogP) is 1.97. The topological polar surface area (TPSA) is 66.3 Å². The number of aromatic nitrogens is 1. The van der Waals surface area contributed by atoms with Gasteiger partial charge in [-0.15, -0.1) is 0 Å². The van der Waals surface area contributed by atoms with Gasteiger partial charge in [-0.05, 0) is 48.0 Å². The number of benzene rings is 3. The standard InChI is InChI=1S/C26H24ClN5O.ClH/c27-18-5-7-24-25(13-18)30-26(20-3-1-2-4-23(20)29-24)32-11-9-31(10-12-32)16-17-15-28-22-8-6-19(33)14-21(17)22;/h1-8,13-15,28H,9-12,16H2,(H2,29,30,33);1H. The molecule has 4 N–H and O–H groups in total. The van der Waals surface area contributed by atoms with Gasteiger partial charge in [0, 0.05) is 47.8 Å². The Hall–Kier alpha value is -3.19. The highest BCUT2D eigenvalue weighted by Crippen LogP contribution is 2.34. The monoisotopic (exact) mass is 493 g/mol. The van der Waals surface area contributed by atoms with Crippen molar-refractivity contribution < 1.29 is 22.1 Å². The van der Waals surface area contributed by atoms with Crippen LogP contribution in [0.2, 0.25) is 5.02 Å². The number of hydrogen-bond acceptors (Lipinski definition) is 3. The van der Waals surface area contributed by atoms with Crippen molar-refractivity contribution in [1.29, 1.82) is 0 Å². The fraction of sp³-hybridized carbons (Fsp3) is 0.192. The summed E-state index contributed by atoms with van der Waals surface area (Å²) in [6.07, 6.45) is 2.06. The van der Waals surface area contributed by atoms with E-state index in [9.17, 15) is 5.11 Å². The molecule has 0 aliphatic carbocycles. The molecule has 4 aromatic rings. The van der Waals surface area contributed by atoms with Crippen molar-refractivity contribution in [2.24, 2.45) is 0 Å². The maximum Gasteiger partial charge on any atom is 0.284 e. The second kappa shape index (κ2) is 9.22. The van der Waals surface area contributed by atoms with Crippen molar-refractivity contribution in [2.45, 2.75) is 6.54 Å². The van der Waals surface area contributed by atoms with Crippen molar-refractivity contribution in [3.05, 3.63) is 83.0 Å². The number of fused-ring (bicyclic) bond motifs is 3. The van der Waals surface area contributed by atoms with Gasteiger partial charge in [-0.1, -0.05) is 23.7 Å². The molecule has 1 fully saturated rings. The average Bonchev–Trinajstić information content (AvgIpc) is 3.13. The smallest absolute Gasteiger partial charge is 0.284 e. The Kier molecular flexibility index (Phi) is 6.13. The zero-order chi connectivity index (χ0) is 22.4. The highest BCUT2D eigenvalue weighted by atomic mass is 35.5. The van der Waals surface area contributed by atoms with Crippen molar-refractivity contribution in [3.63, 3.8) is 0 Å². The van der Waals surface area contributed by atoms with Crippen LogP contribution in [-0.4, -0.2) is 51.6 Å². The number of rotatable bonds is 2. The van der Waals surface area contributed by atoms with Crippen LogP contribution < -0.4 is 23.0 Å². The first kappa shape index (κ1) is 22.6. The number of nitrogens with zero attached hydrogens (tertiary/aromatic N) is 2. The van der Waals surface area contributed by atoms with Crippen molar-refractivity contribution in [1.82, 2.24) is 9.88 Å². The SMILES string of the molecule is Oc1ccc2[nH]cc(CN3CC[N+](=C4Nc5cc(Cl)ccc5Nc5ccccc54)CC3)c2c1.[Cl-]. The lowest BCUT2D eigenvalue weighted by Crippen LogP contribution is -3.00. The summed E-state index contributed by atoms with van der Waals surface area (Å²) < 4.78 is 2.42. The first-order valence-electron chi connectivity index (χ1n) is 11.2. The normalized spacial score (nSPS) is 15.6. The number of piperazine rings is 1. The first-order valence-corrected chi connectivity index (χ1v) is 11.6. The number of halogens is 2. The van der Waals surface area contributed by atoms with Crippen LogP contribution in [0.15, 0.2) is 66.9 Å². The molecule has 3 heterocycles. The molecule has 0 unspecified atom stereocenters. The Morgan fingerprint density at radius 1 is 0.912 bits per heavy atom. The van der Waals surface area contributed by atoms with Crippen LogP contribution in [0.25, 0.3) is 10.9 Å². The second-order valence-corrected chi connectivity index (χ2v) is 9.08. The fourth-order valence-electron chi connectivity index (χ4n) is 4.78. The fourth-order valence-corrected chi connectivity index (χ4v) is 4.96. The summed E-state index contributed by atoms with van der Waals surface area (Å²) in [6, 6.07) is 19.8. The van der Waals surface area contributed by atoms with Crippen molar-refractivity contribution in [2.75, 3.05) is 36.8 Å². The van der Waals surface area contributed by atoms with Crippen LogP contribution >= 0.6 is 11.6 Å². The van der Waals surface area contributed by atoms with Crippen LogP contribution in [-0.2, 0) is 6.54 Å². The average molecular weight is 494 g/mol. The van der Waals surface area contributed by atoms with Gasteiger partial charge in [0.1, 0.15) is 11.4 Å². The zero-order valence-electron chi connectivity index (χ0n) is 18.5. The number of hydrogen-bond donors (Lipinski definition) is 4. The Balaban J connectivity index is 0.00000241. The molecule has 6 nitrogen and oxygen atoms in total. The number of H-pyrrole nitrogens is 1. The van der Waals surface area contributed by atoms with E-state index in [0.29, 0.717) is 10.8 Å². The predicted molar refractivity (Wildman–Crippen MR) is 134 cm³/mol. The summed E-state index contributed by atoms with van der Waals surface area (Å²) in [5.41, 5.74) is 6.51. The van der Waals surface area contributed by atoms with E-state index >= 15 is 0 Å². The summed E-state index contributed by atoms with van der Waals surface area (Å²) in [5, 5.41) is 18.9. The zero-order valence-corrected chi connectivity index (χ0v) is 20.0. The van der Waals surface area contributed by atoms with Gasteiger partial charge in [-0.25, -0.2) is 5.32 Å². The third-order valence-corrected chi connectivity index (χ3v) is 6.75. The van der Waals surface area contributed by atoms with E-state index in [1.807, 2.05) is 30.3 Å². The summed E-state index contributed by atoms with van der Waals surface area (Å²) >= 11 is 6.30. The Labute approximate surface area is 209 Å². The van der Waals surface area contributed by atoms with Gasteiger partial charge in [0.2, 0.25) is 0 Å². The lowest BCUT2D eigenvalue weighted by Gasteiger charge is -2.28. The van der Waals surface area contributed by atoms with Gasteiger partial charge in [0.05, 0.1) is 30.0 Å². The van der Waals surface area contributed by atoms with Crippen LogP contribution in [0, 0.1) is 0 Å². The van der Waals surface area contributed by atoms with E-state index in [1.165, 1.54) is 5.56 Å². The number of amidine groups is 1. The highest BCUT2D eigenvalue weighted by molar-refractivity contribution is 6.31. The molecule has 174 valence electrons. The molecule has 6 rings (SSSR count). The number of para-hydroxylation sites is 1. The maximum absolute atomic E-state index is 9.89. The summed E-state index contributed by atoms with van der Waals surface area (Å²) in [5.74, 6) is 1.41. The van der Waals surface area contributed by atoms with Crippen LogP contribution in [0.3, 0.4) is 0 Å². The molecule has 34 heavy (non-hydrogen) atoms. The Bertz CT molecular complexity index is 1390. The quantitative estimate of drug-likeness (QED) is 0.322. The van der Waals surface area contributed by atoms with Crippen molar-refractivity contribution in [3.8, 4) is 5.75 Å². The molecule has 0 bridgehead atoms. The van der Waals surface area contributed by atoms with Crippen LogP contribution in [0.1, 0.15) is 11.1 Å². The number of anilines is 3. The second-order valence-electron chi connectivity index (χ2n) is 8.64. The molecule has 1 aromatic heterocycles. The summed E-state index contributed by atoms with van der Waals surface area (Å²) in [6.45, 7) is 4.60. The van der Waals surface area contributed by atoms with E-state index in [0.717, 1.165) is 72.1 Å². The summed E-state index contributed by atoms with van der Waals surface area (Å²) in [4.78, 5) is 5.78. The molecule has 0 amide bonds. The number of aromatic amines is 1. The third kappa shape index (κ3) is 4.20. The van der Waals surface area contributed by atoms with Gasteiger partial charge < -0.3 is 27.8 Å². The molecule has 2 aliphatic rings. The number of phenols is 1. The minimum Gasteiger partial charge on any atom is -1.00 e. The van der Waals surface area contributed by atoms with Crippen LogP contribution in [0.5, 0.6) is 5.75 Å². The highest BCUT2D eigenvalue weighted by Gasteiger charge is 2.28. The Morgan fingerprint density at radius 2 is 1.74 bits per heavy atom. The van der Waals surface area contributed by atoms with Gasteiger partial charge in [-0.3, -0.25) is 9.48 Å². The van der Waals surface area contributed by atoms with E-state index in [-0.39, 0.29) is 12.4 Å². The van der Waals surface area contributed by atoms with E-state index in [4.69, 9.17) is 11.6 Å². The van der Waals surface area contributed by atoms with Gasteiger partial charge in [0.25, 0.3) is 5.84 Å². The van der Waals surface area contributed by atoms with Crippen LogP contribution in [0.4, 0.5) is 17.1 Å². The van der Waals surface area contributed by atoms with E-state index < -0.39 is 0 Å². The van der Waals surface area contributed by atoms with Gasteiger partial charge in [-0.2, -0.15) is 0 Å². The molecule has 2 aliphatic heterocycles. The molecule has 3 aromatic carbocycles. The minimum atomic E-state index is 0. The molecule has 0 radical (unpaired) electrons. The third-order valence-electron chi connectivity index (χ3n) is 6.52. The number of aromatic hydroxyl groups is 1. The summed E-state index contributed by atoms with van der Waals surface area (Å²) in [7, 11) is 0. The first-order chi connectivity index (χ1) is 16.1.